The summed E-state index contributed by atoms with van der Waals surface area (Å²) >= 11 is 3.42. The molecule has 2 aromatic carbocycles. The molecule has 0 bridgehead atoms. The number of barbiturate groups is 1. The summed E-state index contributed by atoms with van der Waals surface area (Å²) in [6.45, 7) is 5.87. The molecule has 1 fully saturated rings. The number of imide groups is 2. The van der Waals surface area contributed by atoms with E-state index in [1.54, 1.807) is 18.2 Å². The lowest BCUT2D eigenvalue weighted by Gasteiger charge is -2.26. The van der Waals surface area contributed by atoms with Crippen LogP contribution in [0.15, 0.2) is 52.5 Å². The van der Waals surface area contributed by atoms with Crippen LogP contribution in [0.1, 0.15) is 22.5 Å². The van der Waals surface area contributed by atoms with Crippen molar-refractivity contribution in [3.05, 3.63) is 75.0 Å². The van der Waals surface area contributed by atoms with Gasteiger partial charge in [0.05, 0.1) is 5.69 Å². The van der Waals surface area contributed by atoms with Crippen molar-refractivity contribution in [2.45, 2.75) is 20.8 Å². The van der Waals surface area contributed by atoms with Gasteiger partial charge in [0.1, 0.15) is 5.57 Å². The molecule has 0 unspecified atom stereocenters. The minimum atomic E-state index is -0.778. The summed E-state index contributed by atoms with van der Waals surface area (Å²) in [6.07, 6.45) is 1.52. The minimum Gasteiger partial charge on any atom is -0.454 e. The van der Waals surface area contributed by atoms with Crippen molar-refractivity contribution in [2.75, 3.05) is 11.7 Å². The number of fused-ring (bicyclic) bond motifs is 1. The number of amides is 4. The van der Waals surface area contributed by atoms with Crippen LogP contribution in [-0.2, 0) is 9.59 Å². The lowest BCUT2D eigenvalue weighted by Crippen LogP contribution is -2.54. The molecule has 4 amide bonds. The van der Waals surface area contributed by atoms with E-state index >= 15 is 0 Å². The van der Waals surface area contributed by atoms with E-state index in [0.717, 1.165) is 32.0 Å². The first-order valence-electron chi connectivity index (χ1n) is 10.5. The normalized spacial score (nSPS) is 16.4. The van der Waals surface area contributed by atoms with Crippen molar-refractivity contribution in [3.63, 3.8) is 0 Å². The number of hydrogen-bond donors (Lipinski definition) is 1. The SMILES string of the molecule is Cc1cc(N2C(=O)NC(=O)/C(=C\c3cc(C)n(-c4ccc5c(c4)OCO5)c3C)C2=O)ccc1Br. The van der Waals surface area contributed by atoms with Gasteiger partial charge in [0.2, 0.25) is 6.79 Å². The maximum absolute atomic E-state index is 13.3. The summed E-state index contributed by atoms with van der Waals surface area (Å²) in [5.41, 5.74) is 4.41. The van der Waals surface area contributed by atoms with Gasteiger partial charge >= 0.3 is 6.03 Å². The maximum atomic E-state index is 13.3. The third kappa shape index (κ3) is 3.58. The van der Waals surface area contributed by atoms with Gasteiger partial charge < -0.3 is 14.0 Å². The minimum absolute atomic E-state index is 0.119. The van der Waals surface area contributed by atoms with Crippen LogP contribution in [0.2, 0.25) is 0 Å². The van der Waals surface area contributed by atoms with E-state index in [0.29, 0.717) is 22.7 Å². The number of benzene rings is 2. The van der Waals surface area contributed by atoms with E-state index in [2.05, 4.69) is 21.2 Å². The fraction of sp³-hybridized carbons (Fsp3) is 0.160. The largest absolute Gasteiger partial charge is 0.454 e. The summed E-state index contributed by atoms with van der Waals surface area (Å²) in [5, 5.41) is 2.27. The zero-order chi connectivity index (χ0) is 24.1. The summed E-state index contributed by atoms with van der Waals surface area (Å²) < 4.78 is 13.7. The molecule has 5 rings (SSSR count). The number of halogens is 1. The lowest BCUT2D eigenvalue weighted by atomic mass is 10.1. The molecule has 3 heterocycles. The van der Waals surface area contributed by atoms with Crippen molar-refractivity contribution in [1.82, 2.24) is 9.88 Å². The molecule has 2 aliphatic rings. The molecule has 1 saturated heterocycles. The van der Waals surface area contributed by atoms with Crippen LogP contribution in [0, 0.1) is 20.8 Å². The highest BCUT2D eigenvalue weighted by molar-refractivity contribution is 9.10. The molecule has 2 aliphatic heterocycles. The van der Waals surface area contributed by atoms with Crippen LogP contribution in [-0.4, -0.2) is 29.2 Å². The Labute approximate surface area is 203 Å². The molecule has 8 nitrogen and oxygen atoms in total. The summed E-state index contributed by atoms with van der Waals surface area (Å²) in [7, 11) is 0. The van der Waals surface area contributed by atoms with E-state index in [9.17, 15) is 14.4 Å². The predicted molar refractivity (Wildman–Crippen MR) is 129 cm³/mol. The lowest BCUT2D eigenvalue weighted by molar-refractivity contribution is -0.122. The van der Waals surface area contributed by atoms with Crippen LogP contribution in [0.4, 0.5) is 10.5 Å². The number of aromatic nitrogens is 1. The number of urea groups is 1. The number of carbonyl (C=O) groups is 3. The van der Waals surface area contributed by atoms with Crippen LogP contribution in [0.25, 0.3) is 11.8 Å². The maximum Gasteiger partial charge on any atom is 0.335 e. The van der Waals surface area contributed by atoms with Gasteiger partial charge in [0.15, 0.2) is 11.5 Å². The average molecular weight is 522 g/mol. The van der Waals surface area contributed by atoms with Gasteiger partial charge in [-0.25, -0.2) is 9.69 Å². The zero-order valence-corrected chi connectivity index (χ0v) is 20.2. The second-order valence-corrected chi connectivity index (χ2v) is 8.95. The summed E-state index contributed by atoms with van der Waals surface area (Å²) in [5.74, 6) is -0.0621. The van der Waals surface area contributed by atoms with E-state index in [-0.39, 0.29) is 12.4 Å². The second kappa shape index (κ2) is 8.18. The summed E-state index contributed by atoms with van der Waals surface area (Å²) in [6, 6.07) is 11.9. The van der Waals surface area contributed by atoms with Gasteiger partial charge in [-0.3, -0.25) is 14.9 Å². The number of ether oxygens (including phenoxy) is 2. The Hall–Kier alpha value is -3.85. The number of hydrogen-bond acceptors (Lipinski definition) is 5. The topological polar surface area (TPSA) is 89.9 Å². The highest BCUT2D eigenvalue weighted by Crippen LogP contribution is 2.35. The summed E-state index contributed by atoms with van der Waals surface area (Å²) in [4.78, 5) is 39.4. The Morgan fingerprint density at radius 2 is 1.68 bits per heavy atom. The van der Waals surface area contributed by atoms with Crippen LogP contribution < -0.4 is 19.7 Å². The quantitative estimate of drug-likeness (QED) is 0.403. The first-order valence-corrected chi connectivity index (χ1v) is 11.3. The molecule has 172 valence electrons. The molecule has 9 heteroatoms. The molecule has 34 heavy (non-hydrogen) atoms. The molecule has 0 atom stereocenters. The third-order valence-corrected chi connectivity index (χ3v) is 6.78. The molecule has 1 N–H and O–H groups in total. The molecule has 1 aromatic heterocycles. The van der Waals surface area contributed by atoms with E-state index in [1.165, 1.54) is 6.08 Å². The van der Waals surface area contributed by atoms with E-state index in [1.807, 2.05) is 49.6 Å². The third-order valence-electron chi connectivity index (χ3n) is 5.89. The molecule has 0 spiro atoms. The fourth-order valence-electron chi connectivity index (χ4n) is 4.17. The zero-order valence-electron chi connectivity index (χ0n) is 18.6. The van der Waals surface area contributed by atoms with Crippen LogP contribution >= 0.6 is 15.9 Å². The highest BCUT2D eigenvalue weighted by Gasteiger charge is 2.37. The van der Waals surface area contributed by atoms with E-state index < -0.39 is 17.8 Å². The number of nitrogens with zero attached hydrogens (tertiary/aromatic N) is 2. The Morgan fingerprint density at radius 3 is 2.44 bits per heavy atom. The number of aryl methyl sites for hydroxylation is 2. The number of rotatable bonds is 3. The molecule has 0 radical (unpaired) electrons. The van der Waals surface area contributed by atoms with Crippen LogP contribution in [0.3, 0.4) is 0 Å². The van der Waals surface area contributed by atoms with Gasteiger partial charge in [-0.1, -0.05) is 15.9 Å². The molecule has 0 aliphatic carbocycles. The monoisotopic (exact) mass is 521 g/mol. The van der Waals surface area contributed by atoms with Gasteiger partial charge in [-0.2, -0.15) is 0 Å². The van der Waals surface area contributed by atoms with E-state index in [4.69, 9.17) is 9.47 Å². The first kappa shape index (κ1) is 22.0. The Morgan fingerprint density at radius 1 is 0.941 bits per heavy atom. The second-order valence-electron chi connectivity index (χ2n) is 8.09. The van der Waals surface area contributed by atoms with Crippen molar-refractivity contribution in [1.29, 1.82) is 0 Å². The van der Waals surface area contributed by atoms with Crippen molar-refractivity contribution < 1.29 is 23.9 Å². The number of anilines is 1. The predicted octanol–water partition coefficient (Wildman–Crippen LogP) is 4.56. The smallest absolute Gasteiger partial charge is 0.335 e. The molecule has 3 aromatic rings. The van der Waals surface area contributed by atoms with Gasteiger partial charge in [-0.15, -0.1) is 0 Å². The van der Waals surface area contributed by atoms with Gasteiger partial charge in [-0.05, 0) is 74.4 Å². The fourth-order valence-corrected chi connectivity index (χ4v) is 4.42. The highest BCUT2D eigenvalue weighted by atomic mass is 79.9. The Kier molecular flexibility index (Phi) is 5.28. The van der Waals surface area contributed by atoms with Gasteiger partial charge in [0, 0.05) is 27.6 Å². The Bertz CT molecular complexity index is 1420. The number of carbonyl (C=O) groups excluding carboxylic acids is 3. The van der Waals surface area contributed by atoms with Crippen molar-refractivity contribution in [3.8, 4) is 17.2 Å². The van der Waals surface area contributed by atoms with Crippen molar-refractivity contribution >= 4 is 45.5 Å². The van der Waals surface area contributed by atoms with Crippen molar-refractivity contribution in [2.24, 2.45) is 0 Å². The molecule has 0 saturated carbocycles. The van der Waals surface area contributed by atoms with Crippen LogP contribution in [0.5, 0.6) is 11.5 Å². The standard InChI is InChI=1S/C25H20BrN3O5/c1-13-8-17(4-6-20(13)26)29-24(31)19(23(30)27-25(29)32)10-16-9-14(2)28(15(16)3)18-5-7-21-22(11-18)34-12-33-21/h4-11H,12H2,1-3H3,(H,27,30,32)/b19-10+. The molecular weight excluding hydrogens is 502 g/mol. The first-order chi connectivity index (χ1) is 16.2. The molecular formula is C25H20BrN3O5. The average Bonchev–Trinajstić information content (AvgIpc) is 3.36. The Balaban J connectivity index is 1.54. The van der Waals surface area contributed by atoms with Gasteiger partial charge in [0.25, 0.3) is 11.8 Å². The number of nitrogens with one attached hydrogen (secondary N) is 1.